The van der Waals surface area contributed by atoms with Gasteiger partial charge in [-0.05, 0) is 53.4 Å². The molecule has 0 saturated heterocycles. The van der Waals surface area contributed by atoms with Crippen LogP contribution < -0.4 is 15.4 Å². The molecule has 0 saturated carbocycles. The molecule has 2 aromatic carbocycles. The number of anilines is 1. The second kappa shape index (κ2) is 11.9. The number of pyridine rings is 1. The smallest absolute Gasteiger partial charge is 0.455 e. The second-order valence-electron chi connectivity index (χ2n) is 10.6. The maximum absolute atomic E-state index is 14.0. The van der Waals surface area contributed by atoms with Crippen molar-refractivity contribution in [2.45, 2.75) is 39.2 Å². The van der Waals surface area contributed by atoms with Gasteiger partial charge < -0.3 is 19.8 Å². The topological polar surface area (TPSA) is 93.5 Å². The number of Topliss-reactive ketones (excluding diaryl/α,β-unsaturated/α-hetero) is 1. The van der Waals surface area contributed by atoms with Crippen LogP contribution in [-0.4, -0.2) is 49.5 Å². The lowest BCUT2D eigenvalue weighted by atomic mass is 9.87. The monoisotopic (exact) mass is 624 g/mol. The van der Waals surface area contributed by atoms with Crippen LogP contribution in [0.5, 0.6) is 5.75 Å². The zero-order valence-electron chi connectivity index (χ0n) is 26.9. The highest BCUT2D eigenvalue weighted by atomic mass is 19.4. The third-order valence-electron chi connectivity index (χ3n) is 6.55. The van der Waals surface area contributed by atoms with E-state index in [1.54, 1.807) is 0 Å². The predicted octanol–water partition coefficient (Wildman–Crippen LogP) is 7.90. The van der Waals surface area contributed by atoms with Crippen LogP contribution in [0.1, 0.15) is 51.9 Å². The van der Waals surface area contributed by atoms with E-state index in [0.717, 1.165) is 12.1 Å². The molecular formula is C31H29F6N3O4. The molecule has 44 heavy (non-hydrogen) atoms. The number of rotatable bonds is 9. The molecule has 1 amide bonds. The third-order valence-corrected chi connectivity index (χ3v) is 6.55. The highest BCUT2D eigenvalue weighted by Gasteiger charge is 2.57. The van der Waals surface area contributed by atoms with Crippen molar-refractivity contribution < 1.29 is 49.2 Å². The van der Waals surface area contributed by atoms with Gasteiger partial charge in [-0.1, -0.05) is 26.8 Å². The number of carbonyl (C=O) groups is 2. The van der Waals surface area contributed by atoms with Crippen LogP contribution in [0.15, 0.2) is 52.9 Å². The summed E-state index contributed by atoms with van der Waals surface area (Å²) in [6, 6.07) is 10.1. The molecule has 2 N–H and O–H groups in total. The largest absolute Gasteiger partial charge is 0.496 e. The number of furan rings is 1. The minimum absolute atomic E-state index is 0.0130. The van der Waals surface area contributed by atoms with E-state index in [1.807, 2.05) is 5.32 Å². The molecule has 0 fully saturated rings. The number of hydrogen-bond donors (Lipinski definition) is 2. The van der Waals surface area contributed by atoms with Crippen molar-refractivity contribution in [1.29, 1.82) is 0 Å². The molecule has 13 heteroatoms. The van der Waals surface area contributed by atoms with Crippen molar-refractivity contribution in [1.82, 2.24) is 10.3 Å². The number of methoxy groups -OCH3 is 1. The Morgan fingerprint density at radius 1 is 1.02 bits per heavy atom. The SMILES string of the molecule is [2H]C([2H])([2H])C(C)(C)CC(=O)c1cc(-c2cc3c(C(=O)NC)c(-c4ccc(F)cc4)oc3nc2NCC(F)(F)C(F)(F)F)ccc1OC. The zero-order chi connectivity index (χ0) is 35.1. The molecule has 0 aliphatic carbocycles. The Morgan fingerprint density at radius 2 is 1.68 bits per heavy atom. The maximum Gasteiger partial charge on any atom is 0.455 e. The van der Waals surface area contributed by atoms with Gasteiger partial charge in [0.25, 0.3) is 5.91 Å². The van der Waals surface area contributed by atoms with Gasteiger partial charge in [0.1, 0.15) is 23.1 Å². The quantitative estimate of drug-likeness (QED) is 0.145. The number of benzene rings is 2. The Balaban J connectivity index is 1.97. The molecule has 0 aliphatic rings. The number of ether oxygens (including phenoxy) is 1. The Bertz CT molecular complexity index is 1820. The number of nitrogens with one attached hydrogen (secondary N) is 2. The van der Waals surface area contributed by atoms with E-state index in [4.69, 9.17) is 13.3 Å². The molecule has 0 aliphatic heterocycles. The molecule has 0 spiro atoms. The summed E-state index contributed by atoms with van der Waals surface area (Å²) in [5, 5.41) is 4.48. The van der Waals surface area contributed by atoms with Crippen molar-refractivity contribution in [2.75, 3.05) is 26.0 Å². The van der Waals surface area contributed by atoms with Crippen LogP contribution in [-0.2, 0) is 0 Å². The summed E-state index contributed by atoms with van der Waals surface area (Å²) in [5.41, 5.74) is -1.79. The average Bonchev–Trinajstić information content (AvgIpc) is 3.36. The number of hydrogen-bond acceptors (Lipinski definition) is 6. The van der Waals surface area contributed by atoms with Crippen molar-refractivity contribution >= 4 is 28.6 Å². The first kappa shape index (κ1) is 28.2. The van der Waals surface area contributed by atoms with Crippen LogP contribution in [0.2, 0.25) is 0 Å². The van der Waals surface area contributed by atoms with Gasteiger partial charge in [-0.15, -0.1) is 0 Å². The standard InChI is InChI=1S/C31H29F6N3O4/c1-29(2,3)14-22(41)20-12-17(8-11-23(20)43-5)19-13-21-24(27(42)38-4)25(16-6-9-18(32)10-7-16)44-28(21)40-26(19)39-15-30(33,34)31(35,36)37/h6-13H,14-15H2,1-5H3,(H,38,42)(H,39,40)/i1D3. The Labute approximate surface area is 252 Å². The van der Waals surface area contributed by atoms with Gasteiger partial charge in [0.15, 0.2) is 5.78 Å². The van der Waals surface area contributed by atoms with E-state index < -0.39 is 60.7 Å². The van der Waals surface area contributed by atoms with E-state index in [2.05, 4.69) is 10.3 Å². The van der Waals surface area contributed by atoms with Gasteiger partial charge in [-0.2, -0.15) is 26.9 Å². The summed E-state index contributed by atoms with van der Waals surface area (Å²) >= 11 is 0. The highest BCUT2D eigenvalue weighted by molar-refractivity contribution is 6.12. The Morgan fingerprint density at radius 3 is 2.27 bits per heavy atom. The predicted molar refractivity (Wildman–Crippen MR) is 153 cm³/mol. The lowest BCUT2D eigenvalue weighted by Gasteiger charge is -2.21. The molecule has 2 heterocycles. The van der Waals surface area contributed by atoms with Crippen LogP contribution >= 0.6 is 0 Å². The second-order valence-corrected chi connectivity index (χ2v) is 10.6. The first-order valence-corrected chi connectivity index (χ1v) is 13.1. The number of amides is 1. The molecular weight excluding hydrogens is 592 g/mol. The lowest BCUT2D eigenvalue weighted by molar-refractivity contribution is -0.275. The molecule has 0 radical (unpaired) electrons. The van der Waals surface area contributed by atoms with E-state index in [-0.39, 0.29) is 50.4 Å². The average molecular weight is 625 g/mol. The van der Waals surface area contributed by atoms with E-state index in [9.17, 15) is 35.9 Å². The highest BCUT2D eigenvalue weighted by Crippen LogP contribution is 2.41. The molecule has 0 atom stereocenters. The summed E-state index contributed by atoms with van der Waals surface area (Å²) in [4.78, 5) is 30.7. The van der Waals surface area contributed by atoms with Gasteiger partial charge in [0.05, 0.1) is 30.2 Å². The van der Waals surface area contributed by atoms with E-state index >= 15 is 0 Å². The molecule has 7 nitrogen and oxygen atoms in total. The number of carbonyl (C=O) groups excluding carboxylic acids is 2. The number of alkyl halides is 5. The van der Waals surface area contributed by atoms with Gasteiger partial charge in [0.2, 0.25) is 5.71 Å². The fourth-order valence-corrected chi connectivity index (χ4v) is 4.42. The molecule has 4 aromatic rings. The van der Waals surface area contributed by atoms with Crippen LogP contribution in [0.4, 0.5) is 32.2 Å². The summed E-state index contributed by atoms with van der Waals surface area (Å²) in [6.07, 6.45) is -6.35. The minimum Gasteiger partial charge on any atom is -0.496 e. The molecule has 0 bridgehead atoms. The first-order valence-electron chi connectivity index (χ1n) is 14.6. The van der Waals surface area contributed by atoms with Gasteiger partial charge in [0, 0.05) is 28.7 Å². The molecule has 4 rings (SSSR count). The Kier molecular flexibility index (Phi) is 7.61. The van der Waals surface area contributed by atoms with Crippen molar-refractivity contribution in [3.8, 4) is 28.2 Å². The van der Waals surface area contributed by atoms with Gasteiger partial charge in [-0.25, -0.2) is 4.39 Å². The van der Waals surface area contributed by atoms with Gasteiger partial charge in [-0.3, -0.25) is 9.59 Å². The van der Waals surface area contributed by atoms with Crippen molar-refractivity contribution in [3.63, 3.8) is 0 Å². The Hall–Kier alpha value is -4.55. The zero-order valence-corrected chi connectivity index (χ0v) is 23.9. The maximum atomic E-state index is 14.0. The first-order chi connectivity index (χ1) is 21.7. The summed E-state index contributed by atoms with van der Waals surface area (Å²) in [7, 11) is 2.58. The minimum atomic E-state index is -5.90. The third kappa shape index (κ3) is 6.66. The summed E-state index contributed by atoms with van der Waals surface area (Å²) in [5.74, 6) is -7.67. The molecule has 234 valence electrons. The van der Waals surface area contributed by atoms with Crippen molar-refractivity contribution in [2.24, 2.45) is 5.41 Å². The number of fused-ring (bicyclic) bond motifs is 1. The molecule has 0 unspecified atom stereocenters. The van der Waals surface area contributed by atoms with Crippen molar-refractivity contribution in [3.05, 3.63) is 65.5 Å². The van der Waals surface area contributed by atoms with Gasteiger partial charge >= 0.3 is 12.1 Å². The number of aromatic nitrogens is 1. The number of ketones is 1. The fraction of sp³-hybridized carbons (Fsp3) is 0.323. The lowest BCUT2D eigenvalue weighted by Crippen LogP contribution is -2.42. The van der Waals surface area contributed by atoms with Crippen LogP contribution in [0.25, 0.3) is 33.6 Å². The fourth-order valence-electron chi connectivity index (χ4n) is 4.42. The number of nitrogens with zero attached hydrogens (tertiary/aromatic N) is 1. The summed E-state index contributed by atoms with van der Waals surface area (Å²) in [6.45, 7) is -1.67. The summed E-state index contributed by atoms with van der Waals surface area (Å²) < 4.78 is 115. The number of halogens is 6. The van der Waals surface area contributed by atoms with E-state index in [0.29, 0.717) is 0 Å². The van der Waals surface area contributed by atoms with Crippen LogP contribution in [0.3, 0.4) is 0 Å². The van der Waals surface area contributed by atoms with Crippen LogP contribution in [0, 0.1) is 11.2 Å². The van der Waals surface area contributed by atoms with E-state index in [1.165, 1.54) is 64.4 Å². The molecule has 2 aromatic heterocycles. The normalized spacial score (nSPS) is 13.6.